The molecule has 1 unspecified atom stereocenters. The van der Waals surface area contributed by atoms with Crippen LogP contribution in [0.3, 0.4) is 0 Å². The van der Waals surface area contributed by atoms with Crippen molar-refractivity contribution in [3.05, 3.63) is 23.8 Å². The molecular formula is C17H23F3N2O5. The van der Waals surface area contributed by atoms with Gasteiger partial charge < -0.3 is 14.8 Å². The summed E-state index contributed by atoms with van der Waals surface area (Å²) < 4.78 is 46.9. The minimum atomic E-state index is -4.53. The van der Waals surface area contributed by atoms with Crippen molar-refractivity contribution < 1.29 is 37.1 Å². The van der Waals surface area contributed by atoms with Gasteiger partial charge in [0, 0.05) is 5.56 Å². The fourth-order valence-corrected chi connectivity index (χ4v) is 1.84. The van der Waals surface area contributed by atoms with Crippen LogP contribution in [0.1, 0.15) is 37.0 Å². The van der Waals surface area contributed by atoms with Gasteiger partial charge in [-0.1, -0.05) is 13.3 Å². The molecule has 0 radical (unpaired) electrons. The van der Waals surface area contributed by atoms with Crippen LogP contribution < -0.4 is 20.3 Å². The van der Waals surface area contributed by atoms with E-state index in [1.165, 1.54) is 26.2 Å². The first-order chi connectivity index (χ1) is 12.7. The van der Waals surface area contributed by atoms with E-state index in [0.29, 0.717) is 18.1 Å². The number of benzene rings is 1. The summed E-state index contributed by atoms with van der Waals surface area (Å²) in [7, 11) is 1.42. The van der Waals surface area contributed by atoms with Crippen LogP contribution in [0.25, 0.3) is 0 Å². The molecule has 1 rings (SSSR count). The maximum Gasteiger partial charge on any atom is 0.405 e. The minimum Gasteiger partial charge on any atom is -0.493 e. The topological polar surface area (TPSA) is 85.9 Å². The molecule has 0 spiro atoms. The third kappa shape index (κ3) is 8.16. The predicted octanol–water partition coefficient (Wildman–Crippen LogP) is 2.60. The lowest BCUT2D eigenvalue weighted by molar-refractivity contribution is -0.147. The SMILES string of the molecule is CCCCOc1ccc(C(=O)NOC(C)C(=O)NCC(F)(F)F)cc1OC. The molecule has 152 valence electrons. The molecular weight excluding hydrogens is 369 g/mol. The van der Waals surface area contributed by atoms with Crippen LogP contribution in [0.2, 0.25) is 0 Å². The highest BCUT2D eigenvalue weighted by Gasteiger charge is 2.29. The second-order valence-corrected chi connectivity index (χ2v) is 5.59. The Hall–Kier alpha value is -2.49. The number of unbranched alkanes of at least 4 members (excludes halogenated alkanes) is 1. The zero-order valence-electron chi connectivity index (χ0n) is 15.3. The summed E-state index contributed by atoms with van der Waals surface area (Å²) in [5.41, 5.74) is 2.19. The van der Waals surface area contributed by atoms with E-state index in [-0.39, 0.29) is 5.56 Å². The number of amides is 2. The summed E-state index contributed by atoms with van der Waals surface area (Å²) in [5, 5.41) is 1.66. The molecule has 7 nitrogen and oxygen atoms in total. The highest BCUT2D eigenvalue weighted by atomic mass is 19.4. The Morgan fingerprint density at radius 3 is 2.52 bits per heavy atom. The molecule has 0 saturated carbocycles. The first-order valence-electron chi connectivity index (χ1n) is 8.29. The Morgan fingerprint density at radius 1 is 1.22 bits per heavy atom. The van der Waals surface area contributed by atoms with Crippen molar-refractivity contribution >= 4 is 11.8 Å². The van der Waals surface area contributed by atoms with E-state index in [2.05, 4.69) is 0 Å². The fourth-order valence-electron chi connectivity index (χ4n) is 1.84. The number of halogens is 3. The van der Waals surface area contributed by atoms with Gasteiger partial charge in [-0.15, -0.1) is 0 Å². The number of alkyl halides is 3. The molecule has 10 heteroatoms. The zero-order chi connectivity index (χ0) is 20.4. The minimum absolute atomic E-state index is 0.164. The normalized spacial score (nSPS) is 12.2. The van der Waals surface area contributed by atoms with Gasteiger partial charge in [0.05, 0.1) is 13.7 Å². The van der Waals surface area contributed by atoms with Gasteiger partial charge in [0.1, 0.15) is 6.54 Å². The molecule has 2 amide bonds. The number of hydrogen-bond acceptors (Lipinski definition) is 5. The van der Waals surface area contributed by atoms with Gasteiger partial charge in [-0.05, 0) is 31.5 Å². The number of hydrogen-bond donors (Lipinski definition) is 2. The van der Waals surface area contributed by atoms with E-state index >= 15 is 0 Å². The molecule has 0 aliphatic rings. The van der Waals surface area contributed by atoms with Crippen LogP contribution in [0.5, 0.6) is 11.5 Å². The summed E-state index contributed by atoms with van der Waals surface area (Å²) >= 11 is 0. The molecule has 27 heavy (non-hydrogen) atoms. The first kappa shape index (κ1) is 22.6. The van der Waals surface area contributed by atoms with Crippen LogP contribution in [0, 0.1) is 0 Å². The molecule has 2 N–H and O–H groups in total. The van der Waals surface area contributed by atoms with Crippen LogP contribution in [-0.4, -0.2) is 44.4 Å². The summed E-state index contributed by atoms with van der Waals surface area (Å²) in [5.74, 6) is -0.883. The zero-order valence-corrected chi connectivity index (χ0v) is 15.3. The van der Waals surface area contributed by atoms with E-state index in [1.54, 1.807) is 11.4 Å². The largest absolute Gasteiger partial charge is 0.493 e. The van der Waals surface area contributed by atoms with Crippen molar-refractivity contribution in [1.82, 2.24) is 10.8 Å². The Morgan fingerprint density at radius 2 is 1.93 bits per heavy atom. The van der Waals surface area contributed by atoms with Crippen LogP contribution in [-0.2, 0) is 9.63 Å². The highest BCUT2D eigenvalue weighted by molar-refractivity contribution is 5.94. The maximum atomic E-state index is 12.1. The van der Waals surface area contributed by atoms with Crippen LogP contribution in [0.4, 0.5) is 13.2 Å². The van der Waals surface area contributed by atoms with Gasteiger partial charge in [-0.2, -0.15) is 13.2 Å². The number of methoxy groups -OCH3 is 1. The number of nitrogens with one attached hydrogen (secondary N) is 2. The third-order valence-corrected chi connectivity index (χ3v) is 3.34. The molecule has 0 heterocycles. The Bertz CT molecular complexity index is 637. The lowest BCUT2D eigenvalue weighted by Crippen LogP contribution is -2.42. The van der Waals surface area contributed by atoms with Crippen molar-refractivity contribution in [2.75, 3.05) is 20.3 Å². The molecule has 0 bridgehead atoms. The van der Waals surface area contributed by atoms with Gasteiger partial charge in [0.25, 0.3) is 11.8 Å². The maximum absolute atomic E-state index is 12.1. The van der Waals surface area contributed by atoms with E-state index in [1.807, 2.05) is 12.4 Å². The van der Waals surface area contributed by atoms with Gasteiger partial charge >= 0.3 is 6.18 Å². The molecule has 1 aromatic rings. The smallest absolute Gasteiger partial charge is 0.405 e. The molecule has 0 aliphatic heterocycles. The number of carbonyl (C=O) groups is 2. The highest BCUT2D eigenvalue weighted by Crippen LogP contribution is 2.28. The second kappa shape index (κ2) is 10.6. The molecule has 0 aromatic heterocycles. The van der Waals surface area contributed by atoms with Crippen molar-refractivity contribution in [2.45, 2.75) is 39.0 Å². The van der Waals surface area contributed by atoms with E-state index in [9.17, 15) is 22.8 Å². The molecule has 0 fully saturated rings. The van der Waals surface area contributed by atoms with Gasteiger partial charge in [-0.3, -0.25) is 14.4 Å². The number of rotatable bonds is 10. The summed E-state index contributed by atoms with van der Waals surface area (Å²) in [6.07, 6.45) is -4.01. The molecule has 0 aliphatic carbocycles. The lowest BCUT2D eigenvalue weighted by atomic mass is 10.2. The first-order valence-corrected chi connectivity index (χ1v) is 8.29. The number of hydroxylamine groups is 1. The standard InChI is InChI=1S/C17H23F3N2O5/c1-4-5-8-26-13-7-6-12(9-14(13)25-3)16(24)22-27-11(2)15(23)21-10-17(18,19)20/h6-7,9,11H,4-5,8,10H2,1-3H3,(H,21,23)(H,22,24). The van der Waals surface area contributed by atoms with Crippen molar-refractivity contribution in [1.29, 1.82) is 0 Å². The van der Waals surface area contributed by atoms with Crippen molar-refractivity contribution in [2.24, 2.45) is 0 Å². The molecule has 1 atom stereocenters. The Labute approximate surface area is 155 Å². The van der Waals surface area contributed by atoms with E-state index in [4.69, 9.17) is 14.3 Å². The van der Waals surface area contributed by atoms with Gasteiger partial charge in [0.15, 0.2) is 17.6 Å². The summed E-state index contributed by atoms with van der Waals surface area (Å²) in [6.45, 7) is 2.26. The summed E-state index contributed by atoms with van der Waals surface area (Å²) in [4.78, 5) is 28.4. The van der Waals surface area contributed by atoms with Crippen molar-refractivity contribution in [3.8, 4) is 11.5 Å². The molecule has 0 saturated heterocycles. The van der Waals surface area contributed by atoms with Crippen LogP contribution >= 0.6 is 0 Å². The fraction of sp³-hybridized carbons (Fsp3) is 0.529. The van der Waals surface area contributed by atoms with E-state index in [0.717, 1.165) is 12.8 Å². The average molecular weight is 392 g/mol. The second-order valence-electron chi connectivity index (χ2n) is 5.59. The number of ether oxygens (including phenoxy) is 2. The number of carbonyl (C=O) groups excluding carboxylic acids is 2. The monoisotopic (exact) mass is 392 g/mol. The Balaban J connectivity index is 2.60. The van der Waals surface area contributed by atoms with Crippen molar-refractivity contribution in [3.63, 3.8) is 0 Å². The average Bonchev–Trinajstić information content (AvgIpc) is 2.63. The van der Waals surface area contributed by atoms with Gasteiger partial charge in [0.2, 0.25) is 0 Å². The van der Waals surface area contributed by atoms with Gasteiger partial charge in [-0.25, -0.2) is 5.48 Å². The van der Waals surface area contributed by atoms with Crippen LogP contribution in [0.15, 0.2) is 18.2 Å². The Kier molecular flexibility index (Phi) is 8.86. The van der Waals surface area contributed by atoms with E-state index < -0.39 is 30.6 Å². The lowest BCUT2D eigenvalue weighted by Gasteiger charge is -2.15. The molecule has 1 aromatic carbocycles. The quantitative estimate of drug-likeness (QED) is 0.472. The third-order valence-electron chi connectivity index (χ3n) is 3.34. The predicted molar refractivity (Wildman–Crippen MR) is 90.5 cm³/mol. The summed E-state index contributed by atoms with van der Waals surface area (Å²) in [6, 6.07) is 4.45.